The van der Waals surface area contributed by atoms with E-state index in [0.717, 1.165) is 6.33 Å². The first-order valence-corrected chi connectivity index (χ1v) is 7.03. The molecule has 1 aromatic carbocycles. The van der Waals surface area contributed by atoms with Crippen LogP contribution in [0.25, 0.3) is 16.9 Å². The van der Waals surface area contributed by atoms with E-state index in [2.05, 4.69) is 20.3 Å². The minimum Gasteiger partial charge on any atom is -0.493 e. The van der Waals surface area contributed by atoms with Crippen molar-refractivity contribution in [3.8, 4) is 28.7 Å². The first-order valence-electron chi connectivity index (χ1n) is 6.65. The minimum atomic E-state index is -0.685. The van der Waals surface area contributed by atoms with Crippen LogP contribution < -0.4 is 4.74 Å². The Morgan fingerprint density at radius 1 is 1.35 bits per heavy atom. The van der Waals surface area contributed by atoms with Crippen LogP contribution in [-0.4, -0.2) is 36.7 Å². The zero-order valence-corrected chi connectivity index (χ0v) is 12.7. The molecular formula is C14H11ClFN5O2. The van der Waals surface area contributed by atoms with E-state index in [1.807, 2.05) is 6.92 Å². The van der Waals surface area contributed by atoms with Crippen molar-refractivity contribution in [3.05, 3.63) is 41.6 Å². The smallest absolute Gasteiger partial charge is 0.253 e. The first kappa shape index (κ1) is 15.2. The Bertz CT molecular complexity index is 855. The van der Waals surface area contributed by atoms with Crippen LogP contribution in [0.5, 0.6) is 11.8 Å². The maximum absolute atomic E-state index is 14.6. The van der Waals surface area contributed by atoms with Crippen molar-refractivity contribution in [1.82, 2.24) is 25.0 Å². The topological polar surface area (TPSA) is 86.0 Å². The summed E-state index contributed by atoms with van der Waals surface area (Å²) in [4.78, 5) is 7.56. The van der Waals surface area contributed by atoms with E-state index in [4.69, 9.17) is 16.3 Å². The fourth-order valence-electron chi connectivity index (χ4n) is 2.04. The average Bonchev–Trinajstić information content (AvgIpc) is 2.98. The van der Waals surface area contributed by atoms with Gasteiger partial charge in [-0.2, -0.15) is 0 Å². The van der Waals surface area contributed by atoms with Crippen molar-refractivity contribution in [2.24, 2.45) is 0 Å². The average molecular weight is 336 g/mol. The second-order valence-corrected chi connectivity index (χ2v) is 4.86. The van der Waals surface area contributed by atoms with Crippen molar-refractivity contribution < 1.29 is 14.2 Å². The summed E-state index contributed by atoms with van der Waals surface area (Å²) in [5.74, 6) is -0.663. The molecule has 0 saturated heterocycles. The fourth-order valence-corrected chi connectivity index (χ4v) is 2.20. The van der Waals surface area contributed by atoms with Crippen molar-refractivity contribution in [2.75, 3.05) is 6.61 Å². The largest absolute Gasteiger partial charge is 0.493 e. The SMILES string of the molecule is CCOc1cn(-c2ccc(Cl)c(F)c2-c2cc(O)ncn2)nn1. The van der Waals surface area contributed by atoms with Gasteiger partial charge in [-0.3, -0.25) is 0 Å². The van der Waals surface area contributed by atoms with E-state index in [-0.39, 0.29) is 22.2 Å². The summed E-state index contributed by atoms with van der Waals surface area (Å²) in [6, 6.07) is 4.21. The molecule has 0 amide bonds. The summed E-state index contributed by atoms with van der Waals surface area (Å²) < 4.78 is 21.1. The number of benzene rings is 1. The number of halogens is 2. The highest BCUT2D eigenvalue weighted by Crippen LogP contribution is 2.33. The Morgan fingerprint density at radius 2 is 2.17 bits per heavy atom. The molecule has 0 radical (unpaired) electrons. The number of ether oxygens (including phenoxy) is 1. The van der Waals surface area contributed by atoms with Crippen molar-refractivity contribution in [2.45, 2.75) is 6.92 Å². The number of aromatic nitrogens is 5. The molecule has 2 heterocycles. The summed E-state index contributed by atoms with van der Waals surface area (Å²) in [6.45, 7) is 2.25. The lowest BCUT2D eigenvalue weighted by Gasteiger charge is -2.10. The maximum atomic E-state index is 14.6. The molecule has 0 bridgehead atoms. The van der Waals surface area contributed by atoms with Gasteiger partial charge < -0.3 is 9.84 Å². The molecule has 0 saturated carbocycles. The molecule has 0 aliphatic rings. The molecule has 0 atom stereocenters. The summed E-state index contributed by atoms with van der Waals surface area (Å²) in [5.41, 5.74) is 0.590. The van der Waals surface area contributed by atoms with Crippen molar-refractivity contribution in [3.63, 3.8) is 0 Å². The zero-order valence-electron chi connectivity index (χ0n) is 11.9. The standard InChI is InChI=1S/C14H11ClFN5O2/c1-2-23-12-6-21(20-19-12)10-4-3-8(15)14(16)13(10)9-5-11(22)18-7-17-9/h3-7H,2H2,1H3,(H,17,18,22). The predicted molar refractivity (Wildman–Crippen MR) is 80.2 cm³/mol. The third-order valence-corrected chi connectivity index (χ3v) is 3.28. The lowest BCUT2D eigenvalue weighted by molar-refractivity contribution is 0.326. The molecule has 0 spiro atoms. The normalized spacial score (nSPS) is 10.7. The van der Waals surface area contributed by atoms with Crippen LogP contribution >= 0.6 is 11.6 Å². The van der Waals surface area contributed by atoms with Gasteiger partial charge in [0.05, 0.1) is 34.8 Å². The van der Waals surface area contributed by atoms with Crippen LogP contribution in [0.2, 0.25) is 5.02 Å². The maximum Gasteiger partial charge on any atom is 0.253 e. The molecule has 0 aliphatic carbocycles. The van der Waals surface area contributed by atoms with Gasteiger partial charge in [-0.25, -0.2) is 19.0 Å². The van der Waals surface area contributed by atoms with Gasteiger partial charge in [0.2, 0.25) is 5.88 Å². The van der Waals surface area contributed by atoms with Gasteiger partial charge in [0, 0.05) is 6.07 Å². The van der Waals surface area contributed by atoms with Crippen LogP contribution in [0, 0.1) is 5.82 Å². The molecule has 118 valence electrons. The monoisotopic (exact) mass is 335 g/mol. The number of aromatic hydroxyl groups is 1. The highest BCUT2D eigenvalue weighted by molar-refractivity contribution is 6.31. The Hall–Kier alpha value is -2.74. The summed E-state index contributed by atoms with van der Waals surface area (Å²) in [5, 5.41) is 17.2. The van der Waals surface area contributed by atoms with E-state index in [1.54, 1.807) is 6.07 Å². The van der Waals surface area contributed by atoms with E-state index < -0.39 is 5.82 Å². The predicted octanol–water partition coefficient (Wildman–Crippen LogP) is 2.62. The number of nitrogens with zero attached hydrogens (tertiary/aromatic N) is 5. The van der Waals surface area contributed by atoms with Crippen molar-refractivity contribution in [1.29, 1.82) is 0 Å². The molecule has 7 nitrogen and oxygen atoms in total. The Balaban J connectivity index is 2.19. The van der Waals surface area contributed by atoms with Gasteiger partial charge >= 0.3 is 0 Å². The van der Waals surface area contributed by atoms with E-state index >= 15 is 0 Å². The third-order valence-electron chi connectivity index (χ3n) is 2.99. The molecule has 0 fully saturated rings. The van der Waals surface area contributed by atoms with E-state index in [0.29, 0.717) is 18.2 Å². The van der Waals surface area contributed by atoms with Gasteiger partial charge in [-0.1, -0.05) is 21.9 Å². The molecule has 3 aromatic rings. The van der Waals surface area contributed by atoms with Crippen LogP contribution in [0.3, 0.4) is 0 Å². The quantitative estimate of drug-likeness (QED) is 0.788. The lowest BCUT2D eigenvalue weighted by atomic mass is 10.1. The van der Waals surface area contributed by atoms with E-state index in [1.165, 1.54) is 23.0 Å². The number of hydrogen-bond acceptors (Lipinski definition) is 6. The molecule has 0 unspecified atom stereocenters. The highest BCUT2D eigenvalue weighted by atomic mass is 35.5. The molecule has 0 aliphatic heterocycles. The molecule has 3 rings (SSSR count). The number of rotatable bonds is 4. The fraction of sp³-hybridized carbons (Fsp3) is 0.143. The molecule has 2 aromatic heterocycles. The zero-order chi connectivity index (χ0) is 16.4. The van der Waals surface area contributed by atoms with Crippen LogP contribution in [0.15, 0.2) is 30.7 Å². The first-order chi connectivity index (χ1) is 11.1. The molecule has 9 heteroatoms. The molecular weight excluding hydrogens is 325 g/mol. The summed E-state index contributed by atoms with van der Waals surface area (Å²) in [6.07, 6.45) is 2.64. The Kier molecular flexibility index (Phi) is 4.07. The van der Waals surface area contributed by atoms with Gasteiger partial charge in [0.1, 0.15) is 6.33 Å². The molecule has 23 heavy (non-hydrogen) atoms. The second kappa shape index (κ2) is 6.17. The van der Waals surface area contributed by atoms with Crippen LogP contribution in [-0.2, 0) is 0 Å². The van der Waals surface area contributed by atoms with Gasteiger partial charge in [0.25, 0.3) is 5.88 Å². The van der Waals surface area contributed by atoms with Crippen LogP contribution in [0.1, 0.15) is 6.92 Å². The second-order valence-electron chi connectivity index (χ2n) is 4.45. The van der Waals surface area contributed by atoms with Crippen LogP contribution in [0.4, 0.5) is 4.39 Å². The lowest BCUT2D eigenvalue weighted by Crippen LogP contribution is -2.02. The Labute approximate surface area is 135 Å². The minimum absolute atomic E-state index is 0.0724. The van der Waals surface area contributed by atoms with Gasteiger partial charge in [0.15, 0.2) is 5.82 Å². The summed E-state index contributed by atoms with van der Waals surface area (Å²) in [7, 11) is 0. The highest BCUT2D eigenvalue weighted by Gasteiger charge is 2.19. The van der Waals surface area contributed by atoms with Crippen molar-refractivity contribution >= 4 is 11.6 Å². The van der Waals surface area contributed by atoms with Gasteiger partial charge in [-0.05, 0) is 19.1 Å². The van der Waals surface area contributed by atoms with Gasteiger partial charge in [-0.15, -0.1) is 0 Å². The Morgan fingerprint density at radius 3 is 2.91 bits per heavy atom. The number of hydrogen-bond donors (Lipinski definition) is 1. The molecule has 1 N–H and O–H groups in total. The third kappa shape index (κ3) is 2.93. The van der Waals surface area contributed by atoms with E-state index in [9.17, 15) is 9.50 Å². The summed E-state index contributed by atoms with van der Waals surface area (Å²) >= 11 is 5.87.